The summed E-state index contributed by atoms with van der Waals surface area (Å²) in [5.74, 6) is 0.0253. The molecule has 0 aromatic carbocycles. The second-order valence-corrected chi connectivity index (χ2v) is 11.1. The maximum Gasteiger partial charge on any atom is 0.185 e. The molecule has 0 aromatic rings. The normalized spacial score (nSPS) is 41.4. The summed E-state index contributed by atoms with van der Waals surface area (Å²) >= 11 is 0. The molecule has 2 aliphatic heterocycles. The van der Waals surface area contributed by atoms with Crippen molar-refractivity contribution in [2.24, 2.45) is 17.4 Å². The molecular formula is C25H49N5O9. The monoisotopic (exact) mass is 563 g/mol. The van der Waals surface area contributed by atoms with Crippen molar-refractivity contribution in [1.29, 1.82) is 0 Å². The minimum Gasteiger partial charge on any atom is -0.492 e. The Kier molecular flexibility index (Phi) is 12.3. The number of hydrogen-bond acceptors (Lipinski definition) is 14. The van der Waals surface area contributed by atoms with Gasteiger partial charge in [-0.05, 0) is 45.9 Å². The van der Waals surface area contributed by atoms with Crippen LogP contribution in [0.1, 0.15) is 26.2 Å². The van der Waals surface area contributed by atoms with Gasteiger partial charge in [0.25, 0.3) is 0 Å². The van der Waals surface area contributed by atoms with Gasteiger partial charge in [-0.3, -0.25) is 0 Å². The predicted molar refractivity (Wildman–Crippen MR) is 141 cm³/mol. The number of ether oxygens (including phenoxy) is 3. The molecule has 0 radical (unpaired) electrons. The van der Waals surface area contributed by atoms with Gasteiger partial charge >= 0.3 is 0 Å². The lowest BCUT2D eigenvalue weighted by atomic mass is 9.72. The molecule has 2 heterocycles. The fraction of sp³-hybridized carbons (Fsp3) is 0.920. The molecule has 39 heavy (non-hydrogen) atoms. The topological polar surface area (TPSA) is 237 Å². The van der Waals surface area contributed by atoms with E-state index in [9.17, 15) is 25.5 Å². The summed E-state index contributed by atoms with van der Waals surface area (Å²) in [5, 5.41) is 70.8. The van der Waals surface area contributed by atoms with Crippen LogP contribution < -0.4 is 27.4 Å². The standard InChI is InChI=1S/C25H49N5O9/c1-25(36)12-37-24(20(35)23(25)28-2)39-22-17(30-13(10-32)11-33)8-16(27)18(19(22)34)21-15(26)5-4-14(38-21)9-29-6-3-7-31/h4,13,15-24,28-36H,3,5-12,26-27H2,1-2H3. The average molecular weight is 564 g/mol. The Morgan fingerprint density at radius 1 is 1.15 bits per heavy atom. The Labute approximate surface area is 229 Å². The van der Waals surface area contributed by atoms with Gasteiger partial charge in [0.2, 0.25) is 0 Å². The number of aliphatic hydroxyl groups excluding tert-OH is 5. The molecule has 0 spiro atoms. The number of hydrogen-bond donors (Lipinski definition) is 11. The maximum absolute atomic E-state index is 11.7. The van der Waals surface area contributed by atoms with E-state index in [0.717, 1.165) is 0 Å². The van der Waals surface area contributed by atoms with Crippen LogP contribution in [0.3, 0.4) is 0 Å². The third-order valence-corrected chi connectivity index (χ3v) is 7.99. The van der Waals surface area contributed by atoms with Crippen LogP contribution in [-0.4, -0.2) is 144 Å². The van der Waals surface area contributed by atoms with Gasteiger partial charge in [-0.25, -0.2) is 0 Å². The summed E-state index contributed by atoms with van der Waals surface area (Å²) in [6, 6.07) is -3.07. The van der Waals surface area contributed by atoms with Crippen LogP contribution in [-0.2, 0) is 14.2 Å². The number of likely N-dealkylation sites (N-methyl/N-ethyl adjacent to an activating group) is 1. The first-order valence-corrected chi connectivity index (χ1v) is 13.8. The largest absolute Gasteiger partial charge is 0.492 e. The highest BCUT2D eigenvalue weighted by atomic mass is 16.7. The summed E-state index contributed by atoms with van der Waals surface area (Å²) < 4.78 is 18.1. The molecule has 13 N–H and O–H groups in total. The van der Waals surface area contributed by atoms with E-state index >= 15 is 0 Å². The van der Waals surface area contributed by atoms with Gasteiger partial charge in [0, 0.05) is 30.7 Å². The van der Waals surface area contributed by atoms with Crippen molar-refractivity contribution in [2.75, 3.05) is 46.6 Å². The van der Waals surface area contributed by atoms with E-state index in [1.54, 1.807) is 14.0 Å². The van der Waals surface area contributed by atoms with Crippen LogP contribution in [0.4, 0.5) is 0 Å². The molecule has 0 aromatic heterocycles. The molecule has 14 heteroatoms. The highest BCUT2D eigenvalue weighted by molar-refractivity contribution is 5.10. The second-order valence-electron chi connectivity index (χ2n) is 11.1. The van der Waals surface area contributed by atoms with E-state index < -0.39 is 72.4 Å². The van der Waals surface area contributed by atoms with E-state index in [1.165, 1.54) is 0 Å². The van der Waals surface area contributed by atoms with Gasteiger partial charge in [-0.2, -0.15) is 0 Å². The van der Waals surface area contributed by atoms with Crippen molar-refractivity contribution in [3.8, 4) is 0 Å². The summed E-state index contributed by atoms with van der Waals surface area (Å²) in [7, 11) is 1.61. The first-order valence-electron chi connectivity index (χ1n) is 13.8. The molecule has 0 bridgehead atoms. The third kappa shape index (κ3) is 7.86. The molecule has 11 unspecified atom stereocenters. The van der Waals surface area contributed by atoms with Gasteiger partial charge in [-0.15, -0.1) is 0 Å². The molecule has 2 fully saturated rings. The van der Waals surface area contributed by atoms with Crippen molar-refractivity contribution in [2.45, 2.75) is 92.7 Å². The number of aliphatic hydroxyl groups is 6. The zero-order valence-corrected chi connectivity index (χ0v) is 22.9. The lowest BCUT2D eigenvalue weighted by Gasteiger charge is -2.51. The van der Waals surface area contributed by atoms with Crippen LogP contribution in [0.15, 0.2) is 11.8 Å². The minimum atomic E-state index is -1.35. The fourth-order valence-corrected chi connectivity index (χ4v) is 5.86. The van der Waals surface area contributed by atoms with E-state index in [2.05, 4.69) is 16.0 Å². The van der Waals surface area contributed by atoms with Crippen molar-refractivity contribution in [3.63, 3.8) is 0 Å². The van der Waals surface area contributed by atoms with E-state index in [1.807, 2.05) is 6.08 Å². The third-order valence-electron chi connectivity index (χ3n) is 7.99. The van der Waals surface area contributed by atoms with Crippen molar-refractivity contribution in [1.82, 2.24) is 16.0 Å². The zero-order chi connectivity index (χ0) is 28.7. The second kappa shape index (κ2) is 14.8. The summed E-state index contributed by atoms with van der Waals surface area (Å²) in [5.41, 5.74) is 11.7. The van der Waals surface area contributed by atoms with E-state index in [0.29, 0.717) is 38.1 Å². The van der Waals surface area contributed by atoms with Gasteiger partial charge in [0.05, 0.1) is 44.6 Å². The first kappa shape index (κ1) is 32.5. The molecule has 1 aliphatic carbocycles. The molecule has 228 valence electrons. The smallest absolute Gasteiger partial charge is 0.185 e. The van der Waals surface area contributed by atoms with Gasteiger partial charge in [0.1, 0.15) is 29.7 Å². The van der Waals surface area contributed by atoms with Crippen LogP contribution in [0.2, 0.25) is 0 Å². The predicted octanol–water partition coefficient (Wildman–Crippen LogP) is -4.58. The van der Waals surface area contributed by atoms with Gasteiger partial charge in [0.15, 0.2) is 6.29 Å². The summed E-state index contributed by atoms with van der Waals surface area (Å²) in [6.45, 7) is 1.86. The highest BCUT2D eigenvalue weighted by Crippen LogP contribution is 2.36. The lowest BCUT2D eigenvalue weighted by Crippen LogP contribution is -2.69. The molecule has 1 saturated carbocycles. The quantitative estimate of drug-likeness (QED) is 0.0946. The van der Waals surface area contributed by atoms with Crippen molar-refractivity contribution in [3.05, 3.63) is 11.8 Å². The van der Waals surface area contributed by atoms with E-state index in [4.69, 9.17) is 30.8 Å². The van der Waals surface area contributed by atoms with Gasteiger partial charge < -0.3 is 72.3 Å². The number of nitrogens with one attached hydrogen (secondary N) is 3. The number of rotatable bonds is 13. The van der Waals surface area contributed by atoms with Crippen molar-refractivity contribution >= 4 is 0 Å². The van der Waals surface area contributed by atoms with Crippen LogP contribution in [0.25, 0.3) is 0 Å². The maximum atomic E-state index is 11.7. The highest BCUT2D eigenvalue weighted by Gasteiger charge is 2.53. The zero-order valence-electron chi connectivity index (χ0n) is 22.9. The van der Waals surface area contributed by atoms with Crippen LogP contribution in [0, 0.1) is 5.92 Å². The molecule has 0 amide bonds. The molecular weight excluding hydrogens is 514 g/mol. The molecule has 1 saturated heterocycles. The Bertz CT molecular complexity index is 774. The SMILES string of the molecule is CNC1C(O)C(OC2C(NC(CO)CO)CC(N)C(C3OC(CNCCCO)=CCC3N)C2O)OCC1(C)O. The van der Waals surface area contributed by atoms with Crippen LogP contribution in [0.5, 0.6) is 0 Å². The molecule has 3 rings (SSSR count). The average Bonchev–Trinajstić information content (AvgIpc) is 2.90. The fourth-order valence-electron chi connectivity index (χ4n) is 5.86. The first-order chi connectivity index (χ1) is 18.6. The van der Waals surface area contributed by atoms with Crippen molar-refractivity contribution < 1.29 is 44.8 Å². The summed E-state index contributed by atoms with van der Waals surface area (Å²) in [6.07, 6.45) is -1.96. The van der Waals surface area contributed by atoms with E-state index in [-0.39, 0.29) is 26.4 Å². The minimum absolute atomic E-state index is 0.0829. The Morgan fingerprint density at radius 3 is 2.51 bits per heavy atom. The molecule has 11 atom stereocenters. The van der Waals surface area contributed by atoms with Gasteiger partial charge in [-0.1, -0.05) is 0 Å². The lowest BCUT2D eigenvalue weighted by molar-refractivity contribution is -0.298. The Balaban J connectivity index is 1.81. The Morgan fingerprint density at radius 2 is 1.87 bits per heavy atom. The molecule has 14 nitrogen and oxygen atoms in total. The molecule has 3 aliphatic rings. The van der Waals surface area contributed by atoms with Crippen LogP contribution >= 0.6 is 0 Å². The summed E-state index contributed by atoms with van der Waals surface area (Å²) in [4.78, 5) is 0. The Hall–Kier alpha value is -0.980. The number of nitrogens with two attached hydrogens (primary N) is 2.